The maximum atomic E-state index is 12.4. The molecule has 174 valence electrons. The normalized spacial score (nSPS) is 11.0. The summed E-state index contributed by atoms with van der Waals surface area (Å²) < 4.78 is 34.9. The molecule has 0 spiro atoms. The second-order valence-electron chi connectivity index (χ2n) is 7.18. The van der Waals surface area contributed by atoms with Gasteiger partial charge in [-0.2, -0.15) is 0 Å². The number of amides is 1. The lowest BCUT2D eigenvalue weighted by Gasteiger charge is -2.17. The topological polar surface area (TPSA) is 120 Å². The minimum Gasteiger partial charge on any atom is -0.493 e. The first-order valence-corrected chi connectivity index (χ1v) is 12.2. The van der Waals surface area contributed by atoms with Crippen LogP contribution in [0.2, 0.25) is 0 Å². The van der Waals surface area contributed by atoms with E-state index in [9.17, 15) is 13.2 Å². The molecule has 1 amide bonds. The Hall–Kier alpha value is -3.08. The van der Waals surface area contributed by atoms with E-state index >= 15 is 0 Å². The fourth-order valence-electron chi connectivity index (χ4n) is 2.99. The molecule has 33 heavy (non-hydrogen) atoms. The molecule has 0 unspecified atom stereocenters. The number of methoxy groups -OCH3 is 1. The first kappa shape index (κ1) is 24.6. The number of carbonyl (C=O) groups excluding carboxylic acids is 1. The summed E-state index contributed by atoms with van der Waals surface area (Å²) in [5.41, 5.74) is 3.19. The lowest BCUT2D eigenvalue weighted by Crippen LogP contribution is -2.21. The highest BCUT2D eigenvalue weighted by Crippen LogP contribution is 2.37. The molecule has 0 aromatic heterocycles. The highest BCUT2D eigenvalue weighted by atomic mass is 79.9. The van der Waals surface area contributed by atoms with Crippen LogP contribution >= 0.6 is 15.9 Å². The van der Waals surface area contributed by atoms with Crippen LogP contribution in [0.5, 0.6) is 11.5 Å². The number of rotatable bonds is 9. The molecule has 3 aromatic carbocycles. The molecule has 4 N–H and O–H groups in total. The van der Waals surface area contributed by atoms with E-state index in [0.29, 0.717) is 29.4 Å². The van der Waals surface area contributed by atoms with Crippen LogP contribution in [0.4, 0.5) is 11.4 Å². The maximum absolute atomic E-state index is 12.4. The van der Waals surface area contributed by atoms with Gasteiger partial charge in [-0.1, -0.05) is 33.6 Å². The van der Waals surface area contributed by atoms with Crippen LogP contribution in [0.15, 0.2) is 70.0 Å². The van der Waals surface area contributed by atoms with Crippen LogP contribution in [0.25, 0.3) is 0 Å². The van der Waals surface area contributed by atoms with Crippen molar-refractivity contribution >= 4 is 43.2 Å². The van der Waals surface area contributed by atoms with Crippen molar-refractivity contribution in [1.29, 1.82) is 0 Å². The first-order chi connectivity index (χ1) is 15.7. The van der Waals surface area contributed by atoms with Gasteiger partial charge in [0.2, 0.25) is 10.0 Å². The molecule has 0 radical (unpaired) electrons. The van der Waals surface area contributed by atoms with E-state index in [2.05, 4.69) is 26.6 Å². The van der Waals surface area contributed by atoms with E-state index in [1.54, 1.807) is 18.2 Å². The van der Waals surface area contributed by atoms with Crippen molar-refractivity contribution in [2.45, 2.75) is 18.4 Å². The molecule has 0 aliphatic carbocycles. The zero-order chi connectivity index (χ0) is 24.0. The second-order valence-corrected chi connectivity index (χ2v) is 9.60. The highest BCUT2D eigenvalue weighted by molar-refractivity contribution is 9.10. The Kier molecular flexibility index (Phi) is 7.96. The summed E-state index contributed by atoms with van der Waals surface area (Å²) >= 11 is 3.52. The molecule has 8 nitrogen and oxygen atoms in total. The van der Waals surface area contributed by atoms with Crippen LogP contribution in [0.3, 0.4) is 0 Å². The molecule has 0 bridgehead atoms. The highest BCUT2D eigenvalue weighted by Gasteiger charge is 2.16. The van der Waals surface area contributed by atoms with Gasteiger partial charge in [0.25, 0.3) is 5.91 Å². The number of nitrogens with one attached hydrogen (secondary N) is 2. The van der Waals surface area contributed by atoms with Gasteiger partial charge >= 0.3 is 0 Å². The molecule has 0 aliphatic rings. The van der Waals surface area contributed by atoms with Crippen LogP contribution in [-0.4, -0.2) is 28.0 Å². The number of hydrogen-bond acceptors (Lipinski definition) is 6. The Morgan fingerprint density at radius 2 is 1.64 bits per heavy atom. The summed E-state index contributed by atoms with van der Waals surface area (Å²) in [6.45, 7) is 2.08. The van der Waals surface area contributed by atoms with Crippen molar-refractivity contribution in [2.75, 3.05) is 24.4 Å². The van der Waals surface area contributed by atoms with Gasteiger partial charge in [0, 0.05) is 28.0 Å². The number of primary sulfonamides is 1. The standard InChI is InChI=1S/C23H24BrN3O5S/c1-15-3-5-17(6-4-15)27-22(28)14-32-23-19(20(24)11-12-21(23)31-2)13-26-16-7-9-18(10-8-16)33(25,29)30/h3-12,26H,13-14H2,1-2H3,(H,27,28)(H2,25,29,30). The van der Waals surface area contributed by atoms with Gasteiger partial charge in [-0.05, 0) is 55.5 Å². The number of halogens is 1. The molecule has 0 heterocycles. The van der Waals surface area contributed by atoms with Gasteiger partial charge < -0.3 is 20.1 Å². The van der Waals surface area contributed by atoms with E-state index in [1.165, 1.54) is 19.2 Å². The number of benzene rings is 3. The van der Waals surface area contributed by atoms with E-state index in [-0.39, 0.29) is 17.4 Å². The number of sulfonamides is 1. The van der Waals surface area contributed by atoms with Crippen molar-refractivity contribution < 1.29 is 22.7 Å². The summed E-state index contributed by atoms with van der Waals surface area (Å²) in [6.07, 6.45) is 0. The number of anilines is 2. The van der Waals surface area contributed by atoms with E-state index < -0.39 is 10.0 Å². The number of nitrogens with two attached hydrogens (primary N) is 1. The minimum atomic E-state index is -3.76. The molecule has 3 aromatic rings. The molecular weight excluding hydrogens is 510 g/mol. The third-order valence-corrected chi connectivity index (χ3v) is 6.39. The number of hydrogen-bond donors (Lipinski definition) is 3. The van der Waals surface area contributed by atoms with Crippen molar-refractivity contribution in [2.24, 2.45) is 5.14 Å². The molecule has 10 heteroatoms. The van der Waals surface area contributed by atoms with Gasteiger partial charge in [-0.25, -0.2) is 13.6 Å². The Morgan fingerprint density at radius 1 is 1.00 bits per heavy atom. The largest absolute Gasteiger partial charge is 0.493 e. The van der Waals surface area contributed by atoms with Gasteiger partial charge in [-0.3, -0.25) is 4.79 Å². The van der Waals surface area contributed by atoms with Crippen LogP contribution in [0, 0.1) is 6.92 Å². The Morgan fingerprint density at radius 3 is 2.24 bits per heavy atom. The van der Waals surface area contributed by atoms with Crippen LogP contribution in [0.1, 0.15) is 11.1 Å². The number of carbonyl (C=O) groups is 1. The minimum absolute atomic E-state index is 0.0271. The Balaban J connectivity index is 1.72. The molecule has 0 saturated carbocycles. The quantitative estimate of drug-likeness (QED) is 0.381. The summed E-state index contributed by atoms with van der Waals surface area (Å²) in [5, 5.41) is 11.1. The van der Waals surface area contributed by atoms with E-state index in [0.717, 1.165) is 15.6 Å². The van der Waals surface area contributed by atoms with Crippen molar-refractivity contribution in [3.63, 3.8) is 0 Å². The SMILES string of the molecule is COc1ccc(Br)c(CNc2ccc(S(N)(=O)=O)cc2)c1OCC(=O)Nc1ccc(C)cc1. The van der Waals surface area contributed by atoms with Crippen LogP contribution < -0.4 is 25.2 Å². The third-order valence-electron chi connectivity index (χ3n) is 4.72. The van der Waals surface area contributed by atoms with Gasteiger partial charge in [0.15, 0.2) is 18.1 Å². The molecular formula is C23H24BrN3O5S. The average Bonchev–Trinajstić information content (AvgIpc) is 2.78. The molecule has 0 fully saturated rings. The first-order valence-electron chi connectivity index (χ1n) is 9.89. The average molecular weight is 534 g/mol. The van der Waals surface area contributed by atoms with E-state index in [4.69, 9.17) is 14.6 Å². The summed E-state index contributed by atoms with van der Waals surface area (Å²) in [5.74, 6) is 0.584. The molecule has 0 atom stereocenters. The summed E-state index contributed by atoms with van der Waals surface area (Å²) in [6, 6.07) is 17.1. The predicted octanol–water partition coefficient (Wildman–Crippen LogP) is 4.04. The van der Waals surface area contributed by atoms with Gasteiger partial charge in [-0.15, -0.1) is 0 Å². The smallest absolute Gasteiger partial charge is 0.262 e. The lowest BCUT2D eigenvalue weighted by molar-refractivity contribution is -0.118. The Labute approximate surface area is 201 Å². The predicted molar refractivity (Wildman–Crippen MR) is 131 cm³/mol. The number of aryl methyl sites for hydroxylation is 1. The zero-order valence-corrected chi connectivity index (χ0v) is 20.5. The zero-order valence-electron chi connectivity index (χ0n) is 18.1. The van der Waals surface area contributed by atoms with Crippen LogP contribution in [-0.2, 0) is 21.4 Å². The van der Waals surface area contributed by atoms with E-state index in [1.807, 2.05) is 37.3 Å². The molecule has 0 aliphatic heterocycles. The van der Waals surface area contributed by atoms with Gasteiger partial charge in [0.1, 0.15) is 0 Å². The van der Waals surface area contributed by atoms with Crippen molar-refractivity contribution in [3.05, 3.63) is 76.3 Å². The number of ether oxygens (including phenoxy) is 2. The van der Waals surface area contributed by atoms with Gasteiger partial charge in [0.05, 0.1) is 12.0 Å². The van der Waals surface area contributed by atoms with Crippen molar-refractivity contribution in [3.8, 4) is 11.5 Å². The maximum Gasteiger partial charge on any atom is 0.262 e. The molecule has 0 saturated heterocycles. The second kappa shape index (κ2) is 10.7. The summed E-state index contributed by atoms with van der Waals surface area (Å²) in [7, 11) is -2.24. The summed E-state index contributed by atoms with van der Waals surface area (Å²) in [4.78, 5) is 12.4. The third kappa shape index (κ3) is 6.70. The van der Waals surface area contributed by atoms with Crippen molar-refractivity contribution in [1.82, 2.24) is 0 Å². The fraction of sp³-hybridized carbons (Fsp3) is 0.174. The lowest BCUT2D eigenvalue weighted by atomic mass is 10.1. The monoisotopic (exact) mass is 533 g/mol. The molecule has 3 rings (SSSR count). The Bertz CT molecular complexity index is 1230. The fourth-order valence-corrected chi connectivity index (χ4v) is 3.96.